The van der Waals surface area contributed by atoms with E-state index in [1.165, 1.54) is 19.3 Å². The van der Waals surface area contributed by atoms with Crippen molar-refractivity contribution in [1.82, 2.24) is 4.90 Å². The predicted octanol–water partition coefficient (Wildman–Crippen LogP) is 3.60. The van der Waals surface area contributed by atoms with Gasteiger partial charge in [-0.3, -0.25) is 4.79 Å². The third kappa shape index (κ3) is 2.53. The zero-order valence-electron chi connectivity index (χ0n) is 11.9. The number of benzene rings is 1. The van der Waals surface area contributed by atoms with Crippen molar-refractivity contribution in [2.75, 3.05) is 12.9 Å². The van der Waals surface area contributed by atoms with Gasteiger partial charge in [-0.2, -0.15) is 0 Å². The van der Waals surface area contributed by atoms with Crippen molar-refractivity contribution in [2.24, 2.45) is 0 Å². The molecule has 3 nitrogen and oxygen atoms in total. The Balaban J connectivity index is 1.89. The van der Waals surface area contributed by atoms with E-state index in [0.717, 1.165) is 24.2 Å². The summed E-state index contributed by atoms with van der Waals surface area (Å²) in [5.74, 6) is 1.78. The number of hydrogen-bond acceptors (Lipinski definition) is 3. The van der Waals surface area contributed by atoms with Crippen molar-refractivity contribution in [3.05, 3.63) is 29.8 Å². The molecule has 0 radical (unpaired) electrons. The fraction of sp³-hybridized carbons (Fsp3) is 0.562. The van der Waals surface area contributed by atoms with Crippen LogP contribution in [0.5, 0.6) is 5.75 Å². The average molecular weight is 291 g/mol. The minimum Gasteiger partial charge on any atom is -0.496 e. The number of hydrogen-bond donors (Lipinski definition) is 0. The van der Waals surface area contributed by atoms with Crippen LogP contribution in [0.2, 0.25) is 0 Å². The average Bonchev–Trinajstić information content (AvgIpc) is 2.89. The van der Waals surface area contributed by atoms with Crippen LogP contribution in [0.3, 0.4) is 0 Å². The Kier molecular flexibility index (Phi) is 4.20. The second-order valence-corrected chi connectivity index (χ2v) is 6.57. The maximum Gasteiger partial charge on any atom is 0.234 e. The second-order valence-electron chi connectivity index (χ2n) is 5.50. The topological polar surface area (TPSA) is 29.5 Å². The Bertz CT molecular complexity index is 485. The minimum absolute atomic E-state index is 0.127. The molecule has 1 saturated heterocycles. The molecule has 4 heteroatoms. The first-order valence-electron chi connectivity index (χ1n) is 7.37. The molecular formula is C16H21NO2S. The highest BCUT2D eigenvalue weighted by Crippen LogP contribution is 2.45. The van der Waals surface area contributed by atoms with Crippen LogP contribution < -0.4 is 4.74 Å². The van der Waals surface area contributed by atoms with E-state index in [-0.39, 0.29) is 11.3 Å². The van der Waals surface area contributed by atoms with Gasteiger partial charge >= 0.3 is 0 Å². The highest BCUT2D eigenvalue weighted by Gasteiger charge is 2.39. The molecule has 1 aromatic rings. The van der Waals surface area contributed by atoms with Crippen molar-refractivity contribution in [3.63, 3.8) is 0 Å². The van der Waals surface area contributed by atoms with Gasteiger partial charge in [-0.05, 0) is 18.9 Å². The lowest BCUT2D eigenvalue weighted by Crippen LogP contribution is -2.39. The van der Waals surface area contributed by atoms with E-state index in [1.54, 1.807) is 18.9 Å². The van der Waals surface area contributed by atoms with E-state index in [4.69, 9.17) is 4.74 Å². The van der Waals surface area contributed by atoms with Crippen LogP contribution in [0.1, 0.15) is 43.0 Å². The summed E-state index contributed by atoms with van der Waals surface area (Å²) in [4.78, 5) is 14.4. The van der Waals surface area contributed by atoms with Gasteiger partial charge in [0.2, 0.25) is 5.91 Å². The van der Waals surface area contributed by atoms with Gasteiger partial charge in [0.25, 0.3) is 0 Å². The zero-order chi connectivity index (χ0) is 13.9. The molecule has 0 bridgehead atoms. The number of para-hydroxylation sites is 1. The van der Waals surface area contributed by atoms with E-state index in [2.05, 4.69) is 11.0 Å². The highest BCUT2D eigenvalue weighted by atomic mass is 32.2. The molecule has 1 atom stereocenters. The molecule has 1 amide bonds. The molecule has 0 unspecified atom stereocenters. The predicted molar refractivity (Wildman–Crippen MR) is 81.9 cm³/mol. The molecule has 2 aliphatic rings. The fourth-order valence-corrected chi connectivity index (χ4v) is 4.57. The van der Waals surface area contributed by atoms with Gasteiger partial charge in [0.15, 0.2) is 0 Å². The van der Waals surface area contributed by atoms with E-state index >= 15 is 0 Å². The molecule has 1 aliphatic heterocycles. The van der Waals surface area contributed by atoms with E-state index in [0.29, 0.717) is 11.8 Å². The van der Waals surface area contributed by atoms with Crippen LogP contribution in [0.25, 0.3) is 0 Å². The Morgan fingerprint density at radius 1 is 1.20 bits per heavy atom. The van der Waals surface area contributed by atoms with Crippen molar-refractivity contribution in [1.29, 1.82) is 0 Å². The van der Waals surface area contributed by atoms with Crippen LogP contribution in [0.15, 0.2) is 24.3 Å². The summed E-state index contributed by atoms with van der Waals surface area (Å²) < 4.78 is 5.48. The van der Waals surface area contributed by atoms with Crippen LogP contribution >= 0.6 is 11.8 Å². The Morgan fingerprint density at radius 2 is 1.95 bits per heavy atom. The summed E-state index contributed by atoms with van der Waals surface area (Å²) in [5.41, 5.74) is 1.14. The van der Waals surface area contributed by atoms with Crippen LogP contribution in [-0.4, -0.2) is 29.7 Å². The summed E-state index contributed by atoms with van der Waals surface area (Å²) in [6, 6.07) is 8.50. The SMILES string of the molecule is COc1ccccc1[C@H]1SCC(=O)N1C1CCCCC1. The van der Waals surface area contributed by atoms with Gasteiger partial charge in [0, 0.05) is 11.6 Å². The first-order chi connectivity index (χ1) is 9.81. The Labute approximate surface area is 124 Å². The molecule has 108 valence electrons. The first kappa shape index (κ1) is 13.8. The Morgan fingerprint density at radius 3 is 2.70 bits per heavy atom. The lowest BCUT2D eigenvalue weighted by atomic mass is 9.93. The molecule has 1 aliphatic carbocycles. The number of carbonyl (C=O) groups excluding carboxylic acids is 1. The fourth-order valence-electron chi connectivity index (χ4n) is 3.30. The normalized spacial score (nSPS) is 24.1. The molecule has 0 aromatic heterocycles. The smallest absolute Gasteiger partial charge is 0.234 e. The summed E-state index contributed by atoms with van der Waals surface area (Å²) in [6.45, 7) is 0. The maximum absolute atomic E-state index is 12.3. The molecule has 1 aromatic carbocycles. The van der Waals surface area contributed by atoms with Gasteiger partial charge in [-0.1, -0.05) is 37.5 Å². The minimum atomic E-state index is 0.127. The second kappa shape index (κ2) is 6.08. The standard InChI is InChI=1S/C16H21NO2S/c1-19-14-10-6-5-9-13(14)16-17(15(18)11-20-16)12-7-3-2-4-8-12/h5-6,9-10,12,16H,2-4,7-8,11H2,1H3/t16-/m1/s1. The number of amides is 1. The molecule has 0 spiro atoms. The van der Waals surface area contributed by atoms with E-state index in [9.17, 15) is 4.79 Å². The quantitative estimate of drug-likeness (QED) is 0.852. The number of methoxy groups -OCH3 is 1. The molecule has 0 N–H and O–H groups in total. The molecule has 1 saturated carbocycles. The van der Waals surface area contributed by atoms with Crippen molar-refractivity contribution in [3.8, 4) is 5.75 Å². The van der Waals surface area contributed by atoms with Crippen LogP contribution in [0.4, 0.5) is 0 Å². The third-order valence-corrected chi connectivity index (χ3v) is 5.49. The summed E-state index contributed by atoms with van der Waals surface area (Å²) in [5, 5.41) is 0.127. The van der Waals surface area contributed by atoms with Crippen molar-refractivity contribution in [2.45, 2.75) is 43.5 Å². The summed E-state index contributed by atoms with van der Waals surface area (Å²) >= 11 is 1.73. The lowest BCUT2D eigenvalue weighted by Gasteiger charge is -2.35. The van der Waals surface area contributed by atoms with Gasteiger partial charge in [0.05, 0.1) is 12.9 Å². The van der Waals surface area contributed by atoms with Gasteiger partial charge in [0.1, 0.15) is 11.1 Å². The monoisotopic (exact) mass is 291 g/mol. The number of nitrogens with zero attached hydrogens (tertiary/aromatic N) is 1. The summed E-state index contributed by atoms with van der Waals surface area (Å²) in [7, 11) is 1.70. The van der Waals surface area contributed by atoms with Gasteiger partial charge in [-0.15, -0.1) is 11.8 Å². The maximum atomic E-state index is 12.3. The van der Waals surface area contributed by atoms with Crippen molar-refractivity contribution < 1.29 is 9.53 Å². The van der Waals surface area contributed by atoms with Gasteiger partial charge in [-0.25, -0.2) is 0 Å². The molecule has 2 fully saturated rings. The van der Waals surface area contributed by atoms with Crippen molar-refractivity contribution >= 4 is 17.7 Å². The van der Waals surface area contributed by atoms with Gasteiger partial charge < -0.3 is 9.64 Å². The molecular weight excluding hydrogens is 270 g/mol. The third-order valence-electron chi connectivity index (χ3n) is 4.28. The number of ether oxygens (including phenoxy) is 1. The zero-order valence-corrected chi connectivity index (χ0v) is 12.7. The largest absolute Gasteiger partial charge is 0.496 e. The van der Waals surface area contributed by atoms with E-state index in [1.807, 2.05) is 18.2 Å². The number of rotatable bonds is 3. The summed E-state index contributed by atoms with van der Waals surface area (Å²) in [6.07, 6.45) is 6.11. The van der Waals surface area contributed by atoms with Crippen LogP contribution in [-0.2, 0) is 4.79 Å². The molecule has 1 heterocycles. The lowest BCUT2D eigenvalue weighted by molar-refractivity contribution is -0.131. The molecule has 20 heavy (non-hydrogen) atoms. The number of thioether (sulfide) groups is 1. The first-order valence-corrected chi connectivity index (χ1v) is 8.42. The Hall–Kier alpha value is -1.16. The van der Waals surface area contributed by atoms with E-state index < -0.39 is 0 Å². The van der Waals surface area contributed by atoms with Crippen LogP contribution in [0, 0.1) is 0 Å². The molecule has 3 rings (SSSR count). The highest BCUT2D eigenvalue weighted by molar-refractivity contribution is 8.00. The number of carbonyl (C=O) groups is 1.